The van der Waals surface area contributed by atoms with E-state index in [2.05, 4.69) is 40.8 Å². The molecule has 0 aromatic carbocycles. The van der Waals surface area contributed by atoms with Crippen LogP contribution in [-0.4, -0.2) is 5.33 Å². The van der Waals surface area contributed by atoms with Crippen molar-refractivity contribution in [3.8, 4) is 11.8 Å². The predicted molar refractivity (Wildman–Crippen MR) is 82.6 cm³/mol. The lowest BCUT2D eigenvalue weighted by atomic mass is 10.1. The van der Waals surface area contributed by atoms with Gasteiger partial charge in [0.1, 0.15) is 0 Å². The van der Waals surface area contributed by atoms with Gasteiger partial charge in [0.2, 0.25) is 0 Å². The van der Waals surface area contributed by atoms with E-state index in [1.54, 1.807) is 0 Å². The minimum atomic E-state index is 1.07. The van der Waals surface area contributed by atoms with Gasteiger partial charge in [-0.1, -0.05) is 79.3 Å². The quantitative estimate of drug-likeness (QED) is 0.269. The van der Waals surface area contributed by atoms with Crippen LogP contribution in [0, 0.1) is 11.8 Å². The molecule has 0 aromatic rings. The van der Waals surface area contributed by atoms with Gasteiger partial charge in [0.25, 0.3) is 0 Å². The van der Waals surface area contributed by atoms with Gasteiger partial charge >= 0.3 is 0 Å². The van der Waals surface area contributed by atoms with Crippen molar-refractivity contribution < 1.29 is 0 Å². The Morgan fingerprint density at radius 3 is 2.24 bits per heavy atom. The molecule has 17 heavy (non-hydrogen) atoms. The first kappa shape index (κ1) is 16.8. The van der Waals surface area contributed by atoms with Crippen molar-refractivity contribution in [1.29, 1.82) is 0 Å². The van der Waals surface area contributed by atoms with Gasteiger partial charge in [-0.2, -0.15) is 0 Å². The van der Waals surface area contributed by atoms with Gasteiger partial charge in [-0.05, 0) is 25.3 Å². The van der Waals surface area contributed by atoms with E-state index in [0.717, 1.165) is 18.2 Å². The molecule has 0 aromatic heterocycles. The molecule has 0 saturated heterocycles. The average molecular weight is 299 g/mol. The van der Waals surface area contributed by atoms with E-state index in [0.29, 0.717) is 0 Å². The molecule has 0 aliphatic carbocycles. The smallest absolute Gasteiger partial charge is 0.00922 e. The zero-order valence-electron chi connectivity index (χ0n) is 11.3. The SMILES string of the molecule is CCCC=CC#CCCCCCCCCCBr. The molecule has 0 rings (SSSR count). The fraction of sp³-hybridized carbons (Fsp3) is 0.750. The van der Waals surface area contributed by atoms with Crippen molar-refractivity contribution in [3.05, 3.63) is 12.2 Å². The zero-order chi connectivity index (χ0) is 12.6. The molecule has 0 atom stereocenters. The normalized spacial score (nSPS) is 10.5. The van der Waals surface area contributed by atoms with E-state index in [1.165, 1.54) is 51.4 Å². The molecule has 0 fully saturated rings. The van der Waals surface area contributed by atoms with Gasteiger partial charge in [0, 0.05) is 11.8 Å². The lowest BCUT2D eigenvalue weighted by molar-refractivity contribution is 0.596. The molecule has 0 aliphatic heterocycles. The van der Waals surface area contributed by atoms with Crippen molar-refractivity contribution >= 4 is 15.9 Å². The number of rotatable bonds is 10. The van der Waals surface area contributed by atoms with Gasteiger partial charge in [-0.15, -0.1) is 0 Å². The predicted octanol–water partition coefficient (Wildman–Crippen LogP) is 5.86. The molecule has 0 aliphatic rings. The first-order chi connectivity index (χ1) is 8.41. The van der Waals surface area contributed by atoms with E-state index >= 15 is 0 Å². The Hall–Kier alpha value is -0.220. The van der Waals surface area contributed by atoms with Crippen LogP contribution >= 0.6 is 15.9 Å². The Balaban J connectivity index is 3.12. The second-order valence-corrected chi connectivity index (χ2v) is 5.22. The first-order valence-corrected chi connectivity index (χ1v) is 8.23. The highest BCUT2D eigenvalue weighted by molar-refractivity contribution is 9.09. The Morgan fingerprint density at radius 1 is 0.941 bits per heavy atom. The van der Waals surface area contributed by atoms with Gasteiger partial charge in [-0.3, -0.25) is 0 Å². The topological polar surface area (TPSA) is 0 Å². The standard InChI is InChI=1S/C16H27Br/c1-2-3-4-5-6-7-8-9-10-11-12-13-14-15-16-17/h4-5H,2-3,8-16H2,1H3. The molecule has 0 nitrogen and oxygen atoms in total. The van der Waals surface area contributed by atoms with Crippen LogP contribution < -0.4 is 0 Å². The third-order valence-electron chi connectivity index (χ3n) is 2.69. The molecule has 0 spiro atoms. The first-order valence-electron chi connectivity index (χ1n) is 7.11. The summed E-state index contributed by atoms with van der Waals surface area (Å²) in [6.45, 7) is 2.19. The van der Waals surface area contributed by atoms with Gasteiger partial charge in [-0.25, -0.2) is 0 Å². The van der Waals surface area contributed by atoms with Crippen LogP contribution in [0.2, 0.25) is 0 Å². The summed E-state index contributed by atoms with van der Waals surface area (Å²) in [6, 6.07) is 0. The summed E-state index contributed by atoms with van der Waals surface area (Å²) in [6.07, 6.45) is 17.1. The molecule has 98 valence electrons. The van der Waals surface area contributed by atoms with Crippen LogP contribution in [0.3, 0.4) is 0 Å². The molecule has 0 unspecified atom stereocenters. The van der Waals surface area contributed by atoms with Crippen LogP contribution in [0.15, 0.2) is 12.2 Å². The molecule has 0 amide bonds. The van der Waals surface area contributed by atoms with E-state index in [4.69, 9.17) is 0 Å². The largest absolute Gasteiger partial charge is 0.0985 e. The Morgan fingerprint density at radius 2 is 1.59 bits per heavy atom. The van der Waals surface area contributed by atoms with Crippen LogP contribution in [0.1, 0.15) is 71.1 Å². The average Bonchev–Trinajstić information content (AvgIpc) is 2.35. The van der Waals surface area contributed by atoms with Gasteiger partial charge in [0.15, 0.2) is 0 Å². The van der Waals surface area contributed by atoms with Crippen LogP contribution in [0.5, 0.6) is 0 Å². The van der Waals surface area contributed by atoms with Crippen molar-refractivity contribution in [2.24, 2.45) is 0 Å². The molecule has 1 heteroatoms. The molecular weight excluding hydrogens is 272 g/mol. The summed E-state index contributed by atoms with van der Waals surface area (Å²) in [5.74, 6) is 6.32. The number of alkyl halides is 1. The van der Waals surface area contributed by atoms with E-state index in [-0.39, 0.29) is 0 Å². The monoisotopic (exact) mass is 298 g/mol. The maximum Gasteiger partial charge on any atom is 0.00922 e. The lowest BCUT2D eigenvalue weighted by Crippen LogP contribution is -1.80. The van der Waals surface area contributed by atoms with Crippen molar-refractivity contribution in [3.63, 3.8) is 0 Å². The van der Waals surface area contributed by atoms with Crippen molar-refractivity contribution in [2.45, 2.75) is 71.1 Å². The minimum absolute atomic E-state index is 1.07. The molecule has 0 radical (unpaired) electrons. The summed E-state index contributed by atoms with van der Waals surface area (Å²) in [5.41, 5.74) is 0. The Bertz CT molecular complexity index is 219. The Kier molecular flexibility index (Phi) is 15.6. The molecular formula is C16H27Br. The van der Waals surface area contributed by atoms with Crippen LogP contribution in [0.25, 0.3) is 0 Å². The van der Waals surface area contributed by atoms with Crippen LogP contribution in [-0.2, 0) is 0 Å². The van der Waals surface area contributed by atoms with Gasteiger partial charge < -0.3 is 0 Å². The molecule has 0 heterocycles. The number of allylic oxidation sites excluding steroid dienone is 2. The minimum Gasteiger partial charge on any atom is -0.0985 e. The number of halogens is 1. The highest BCUT2D eigenvalue weighted by atomic mass is 79.9. The van der Waals surface area contributed by atoms with E-state index in [9.17, 15) is 0 Å². The summed E-state index contributed by atoms with van der Waals surface area (Å²) < 4.78 is 0. The summed E-state index contributed by atoms with van der Waals surface area (Å²) >= 11 is 3.46. The van der Waals surface area contributed by atoms with Crippen molar-refractivity contribution in [2.75, 3.05) is 5.33 Å². The lowest BCUT2D eigenvalue weighted by Gasteiger charge is -1.98. The summed E-state index contributed by atoms with van der Waals surface area (Å²) in [5, 5.41) is 1.16. The molecule has 0 N–H and O–H groups in total. The maximum atomic E-state index is 3.46. The third kappa shape index (κ3) is 15.8. The summed E-state index contributed by atoms with van der Waals surface area (Å²) in [7, 11) is 0. The number of hydrogen-bond donors (Lipinski definition) is 0. The third-order valence-corrected chi connectivity index (χ3v) is 3.25. The second-order valence-electron chi connectivity index (χ2n) is 4.43. The van der Waals surface area contributed by atoms with E-state index in [1.807, 2.05) is 6.08 Å². The Labute approximate surface area is 116 Å². The van der Waals surface area contributed by atoms with E-state index < -0.39 is 0 Å². The second kappa shape index (κ2) is 15.8. The highest BCUT2D eigenvalue weighted by Crippen LogP contribution is 2.08. The van der Waals surface area contributed by atoms with Crippen molar-refractivity contribution in [1.82, 2.24) is 0 Å². The number of unbranched alkanes of at least 4 members (excludes halogenated alkanes) is 8. The fourth-order valence-corrected chi connectivity index (χ4v) is 2.03. The highest BCUT2D eigenvalue weighted by Gasteiger charge is 1.90. The molecule has 0 bridgehead atoms. The van der Waals surface area contributed by atoms with Gasteiger partial charge in [0.05, 0.1) is 0 Å². The van der Waals surface area contributed by atoms with Crippen LogP contribution in [0.4, 0.5) is 0 Å². The zero-order valence-corrected chi connectivity index (χ0v) is 12.9. The summed E-state index contributed by atoms with van der Waals surface area (Å²) in [4.78, 5) is 0. The maximum absolute atomic E-state index is 3.46. The fourth-order valence-electron chi connectivity index (χ4n) is 1.63. The number of hydrogen-bond acceptors (Lipinski definition) is 0. The molecule has 0 saturated carbocycles.